The second-order valence-electron chi connectivity index (χ2n) is 7.54. The van der Waals surface area contributed by atoms with Crippen LogP contribution in [0.25, 0.3) is 10.9 Å². The molecule has 30 heavy (non-hydrogen) atoms. The quantitative estimate of drug-likeness (QED) is 0.641. The van der Waals surface area contributed by atoms with E-state index >= 15 is 0 Å². The van der Waals surface area contributed by atoms with Crippen LogP contribution in [0.2, 0.25) is 0 Å². The minimum absolute atomic E-state index is 0.124. The number of benzene rings is 2. The number of aryl methyl sites for hydroxylation is 1. The van der Waals surface area contributed by atoms with Gasteiger partial charge in [-0.15, -0.1) is 0 Å². The van der Waals surface area contributed by atoms with Gasteiger partial charge in [0.1, 0.15) is 11.6 Å². The Kier molecular flexibility index (Phi) is 5.48. The van der Waals surface area contributed by atoms with Gasteiger partial charge in [0.15, 0.2) is 0 Å². The fourth-order valence-electron chi connectivity index (χ4n) is 3.83. The summed E-state index contributed by atoms with van der Waals surface area (Å²) in [7, 11) is -3.47. The van der Waals surface area contributed by atoms with E-state index in [9.17, 15) is 8.42 Å². The predicted molar refractivity (Wildman–Crippen MR) is 117 cm³/mol. The van der Waals surface area contributed by atoms with Crippen molar-refractivity contribution < 1.29 is 13.2 Å². The highest BCUT2D eigenvalue weighted by molar-refractivity contribution is 7.89. The second-order valence-corrected chi connectivity index (χ2v) is 9.45. The Morgan fingerprint density at radius 1 is 1.07 bits per heavy atom. The first-order valence-corrected chi connectivity index (χ1v) is 11.3. The van der Waals surface area contributed by atoms with Gasteiger partial charge in [-0.2, -0.15) is 9.29 Å². The number of nitrogens with zero attached hydrogens (tertiary/aromatic N) is 3. The molecule has 1 aliphatic rings. The molecular weight excluding hydrogens is 402 g/mol. The molecule has 3 aromatic rings. The van der Waals surface area contributed by atoms with Crippen LogP contribution in [0.3, 0.4) is 0 Å². The summed E-state index contributed by atoms with van der Waals surface area (Å²) in [6.07, 6.45) is 1.46. The molecule has 8 nitrogen and oxygen atoms in total. The molecule has 4 rings (SSSR count). The Hall–Kier alpha value is -2.91. The molecule has 2 aromatic carbocycles. The number of nitrogens with two attached hydrogens (primary N) is 2. The fourth-order valence-corrected chi connectivity index (χ4v) is 5.52. The molecule has 4 N–H and O–H groups in total. The Balaban J connectivity index is 1.42. The lowest BCUT2D eigenvalue weighted by molar-refractivity contribution is 0.186. The maximum absolute atomic E-state index is 13.0. The van der Waals surface area contributed by atoms with Crippen molar-refractivity contribution in [2.24, 2.45) is 5.92 Å². The van der Waals surface area contributed by atoms with E-state index in [0.717, 1.165) is 18.4 Å². The van der Waals surface area contributed by atoms with Crippen molar-refractivity contribution in [1.29, 1.82) is 0 Å². The SMILES string of the molecule is Cc1ccccc1S(=O)(=O)N1CCC(COc2cccc3nc(N)nc(N)c23)CC1. The lowest BCUT2D eigenvalue weighted by Crippen LogP contribution is -2.39. The third-order valence-corrected chi connectivity index (χ3v) is 7.55. The van der Waals surface area contributed by atoms with Crippen LogP contribution in [-0.4, -0.2) is 42.4 Å². The summed E-state index contributed by atoms with van der Waals surface area (Å²) in [6.45, 7) is 3.24. The first-order chi connectivity index (χ1) is 14.4. The van der Waals surface area contributed by atoms with E-state index in [1.165, 1.54) is 0 Å². The average molecular weight is 428 g/mol. The van der Waals surface area contributed by atoms with Crippen molar-refractivity contribution in [2.45, 2.75) is 24.7 Å². The molecular formula is C21H25N5O3S. The van der Waals surface area contributed by atoms with E-state index < -0.39 is 10.0 Å². The van der Waals surface area contributed by atoms with Gasteiger partial charge in [-0.05, 0) is 49.4 Å². The van der Waals surface area contributed by atoms with Crippen molar-refractivity contribution in [2.75, 3.05) is 31.2 Å². The van der Waals surface area contributed by atoms with Crippen molar-refractivity contribution in [3.63, 3.8) is 0 Å². The summed E-state index contributed by atoms with van der Waals surface area (Å²) in [6, 6.07) is 12.6. The first kappa shape index (κ1) is 20.4. The zero-order valence-corrected chi connectivity index (χ0v) is 17.6. The summed E-state index contributed by atoms with van der Waals surface area (Å²) in [5.41, 5.74) is 13.1. The number of hydrogen-bond acceptors (Lipinski definition) is 7. The Morgan fingerprint density at radius 2 is 1.80 bits per heavy atom. The first-order valence-electron chi connectivity index (χ1n) is 9.86. The van der Waals surface area contributed by atoms with Crippen molar-refractivity contribution in [3.8, 4) is 5.75 Å². The molecule has 9 heteroatoms. The number of nitrogen functional groups attached to an aromatic ring is 2. The van der Waals surface area contributed by atoms with Crippen LogP contribution in [0, 0.1) is 12.8 Å². The highest BCUT2D eigenvalue weighted by Crippen LogP contribution is 2.31. The summed E-state index contributed by atoms with van der Waals surface area (Å²) in [4.78, 5) is 8.60. The third-order valence-electron chi connectivity index (χ3n) is 5.49. The highest BCUT2D eigenvalue weighted by Gasteiger charge is 2.30. The van der Waals surface area contributed by atoms with Gasteiger partial charge < -0.3 is 16.2 Å². The van der Waals surface area contributed by atoms with E-state index in [1.54, 1.807) is 16.4 Å². The molecule has 0 spiro atoms. The average Bonchev–Trinajstić information content (AvgIpc) is 2.72. The van der Waals surface area contributed by atoms with E-state index in [-0.39, 0.29) is 17.7 Å². The number of anilines is 2. The van der Waals surface area contributed by atoms with Gasteiger partial charge in [-0.1, -0.05) is 24.3 Å². The maximum Gasteiger partial charge on any atom is 0.243 e. The minimum atomic E-state index is -3.47. The number of ether oxygens (including phenoxy) is 1. The molecule has 1 aromatic heterocycles. The van der Waals surface area contributed by atoms with Crippen LogP contribution >= 0.6 is 0 Å². The van der Waals surface area contributed by atoms with Gasteiger partial charge in [-0.3, -0.25) is 0 Å². The van der Waals surface area contributed by atoms with Crippen LogP contribution in [-0.2, 0) is 10.0 Å². The summed E-state index contributed by atoms with van der Waals surface area (Å²) in [5, 5.41) is 0.645. The Bertz CT molecular complexity index is 1170. The van der Waals surface area contributed by atoms with E-state index in [4.69, 9.17) is 16.2 Å². The van der Waals surface area contributed by atoms with Crippen LogP contribution in [0.15, 0.2) is 47.4 Å². The van der Waals surface area contributed by atoms with Gasteiger partial charge in [0.25, 0.3) is 0 Å². The smallest absolute Gasteiger partial charge is 0.243 e. The molecule has 1 fully saturated rings. The summed E-state index contributed by atoms with van der Waals surface area (Å²) < 4.78 is 33.5. The monoisotopic (exact) mass is 427 g/mol. The number of rotatable bonds is 5. The largest absolute Gasteiger partial charge is 0.492 e. The molecule has 0 unspecified atom stereocenters. The highest BCUT2D eigenvalue weighted by atomic mass is 32.2. The van der Waals surface area contributed by atoms with E-state index in [1.807, 2.05) is 37.3 Å². The van der Waals surface area contributed by atoms with Gasteiger partial charge in [0, 0.05) is 13.1 Å². The normalized spacial score (nSPS) is 16.0. The predicted octanol–water partition coefficient (Wildman–Crippen LogP) is 2.58. The molecule has 0 bridgehead atoms. The molecule has 0 aliphatic carbocycles. The molecule has 0 amide bonds. The van der Waals surface area contributed by atoms with Crippen molar-refractivity contribution in [1.82, 2.24) is 14.3 Å². The molecule has 0 atom stereocenters. The van der Waals surface area contributed by atoms with Crippen molar-refractivity contribution >= 4 is 32.7 Å². The number of piperidine rings is 1. The number of hydrogen-bond donors (Lipinski definition) is 2. The fraction of sp³-hybridized carbons (Fsp3) is 0.333. The van der Waals surface area contributed by atoms with Crippen LogP contribution in [0.5, 0.6) is 5.75 Å². The number of aromatic nitrogens is 2. The molecule has 158 valence electrons. The zero-order chi connectivity index (χ0) is 21.3. The zero-order valence-electron chi connectivity index (χ0n) is 16.8. The summed E-state index contributed by atoms with van der Waals surface area (Å²) in [5.74, 6) is 1.27. The Labute approximate surface area is 175 Å². The van der Waals surface area contributed by atoms with Gasteiger partial charge >= 0.3 is 0 Å². The van der Waals surface area contributed by atoms with E-state index in [0.29, 0.717) is 41.2 Å². The Morgan fingerprint density at radius 3 is 2.53 bits per heavy atom. The van der Waals surface area contributed by atoms with Gasteiger partial charge in [0.05, 0.1) is 22.4 Å². The molecule has 0 saturated carbocycles. The van der Waals surface area contributed by atoms with E-state index in [2.05, 4.69) is 9.97 Å². The van der Waals surface area contributed by atoms with Gasteiger partial charge in [0.2, 0.25) is 16.0 Å². The van der Waals surface area contributed by atoms with Crippen LogP contribution in [0.4, 0.5) is 11.8 Å². The standard InChI is InChI=1S/C21H25N5O3S/c1-14-5-2-3-8-18(14)30(27,28)26-11-9-15(10-12-26)13-29-17-7-4-6-16-19(17)20(22)25-21(23)24-16/h2-8,15H,9-13H2,1H3,(H4,22,23,24,25). The van der Waals surface area contributed by atoms with Crippen LogP contribution < -0.4 is 16.2 Å². The topological polar surface area (TPSA) is 124 Å². The lowest BCUT2D eigenvalue weighted by atomic mass is 9.99. The molecule has 1 saturated heterocycles. The van der Waals surface area contributed by atoms with Crippen LogP contribution in [0.1, 0.15) is 18.4 Å². The minimum Gasteiger partial charge on any atom is -0.492 e. The van der Waals surface area contributed by atoms with Crippen molar-refractivity contribution in [3.05, 3.63) is 48.0 Å². The summed E-state index contributed by atoms with van der Waals surface area (Å²) >= 11 is 0. The molecule has 0 radical (unpaired) electrons. The number of fused-ring (bicyclic) bond motifs is 1. The van der Waals surface area contributed by atoms with Gasteiger partial charge in [-0.25, -0.2) is 13.4 Å². The third kappa shape index (κ3) is 3.90. The molecule has 2 heterocycles. The number of sulfonamides is 1. The molecule has 1 aliphatic heterocycles. The second kappa shape index (κ2) is 8.08. The lowest BCUT2D eigenvalue weighted by Gasteiger charge is -2.31. The maximum atomic E-state index is 13.0.